The summed E-state index contributed by atoms with van der Waals surface area (Å²) in [4.78, 5) is 12.3. The Kier molecular flexibility index (Phi) is 4.68. The average molecular weight is 232 g/mol. The molecular weight excluding hydrogens is 218 g/mol. The maximum atomic E-state index is 10.2. The van der Waals surface area contributed by atoms with E-state index in [-0.39, 0.29) is 5.75 Å². The molecule has 0 aromatic rings. The van der Waals surface area contributed by atoms with Crippen molar-refractivity contribution >= 4 is 34.3 Å². The van der Waals surface area contributed by atoms with Gasteiger partial charge in [-0.2, -0.15) is 0 Å². The Bertz CT molecular complexity index is 233. The molecule has 0 amide bonds. The van der Waals surface area contributed by atoms with Crippen molar-refractivity contribution in [3.8, 4) is 0 Å². The van der Waals surface area contributed by atoms with Gasteiger partial charge in [0.25, 0.3) is 0 Å². The summed E-state index contributed by atoms with van der Waals surface area (Å²) in [5.41, 5.74) is 0. The van der Waals surface area contributed by atoms with Gasteiger partial charge in [-0.25, -0.2) is 0 Å². The predicted octanol–water partition coefficient (Wildman–Crippen LogP) is 0.486. The first-order chi connectivity index (χ1) is 6.59. The molecule has 0 spiro atoms. The zero-order valence-corrected chi connectivity index (χ0v) is 9.83. The third kappa shape index (κ3) is 3.84. The maximum Gasteiger partial charge on any atom is 0.136 e. The van der Waals surface area contributed by atoms with Crippen LogP contribution in [-0.2, 0) is 4.79 Å². The number of piperidine rings is 1. The number of thioether (sulfide) groups is 1. The second kappa shape index (κ2) is 5.56. The number of hydrogen-bond acceptors (Lipinski definition) is 4. The monoisotopic (exact) mass is 232 g/mol. The lowest BCUT2D eigenvalue weighted by molar-refractivity contribution is -0.301. The Labute approximate surface area is 93.9 Å². The van der Waals surface area contributed by atoms with E-state index in [1.807, 2.05) is 0 Å². The van der Waals surface area contributed by atoms with Gasteiger partial charge < -0.3 is 14.8 Å². The van der Waals surface area contributed by atoms with Gasteiger partial charge in [0.1, 0.15) is 4.32 Å². The first kappa shape index (κ1) is 11.8. The molecule has 14 heavy (non-hydrogen) atoms. The van der Waals surface area contributed by atoms with Crippen LogP contribution >= 0.6 is 24.0 Å². The highest BCUT2D eigenvalue weighted by Gasteiger charge is 2.18. The Morgan fingerprint density at radius 1 is 1.71 bits per heavy atom. The molecule has 0 saturated carbocycles. The molecule has 1 saturated heterocycles. The second-order valence-corrected chi connectivity index (χ2v) is 5.23. The standard InChI is InChI=1S/C9H15NO2S2/c1-7-3-2-4-10(5-7)9(13)14-6-8(11)12/h7H,2-6H2,1H3,(H,11,12)/p-1/t7-/m1/s1. The van der Waals surface area contributed by atoms with Gasteiger partial charge in [-0.05, 0) is 18.8 Å². The van der Waals surface area contributed by atoms with Gasteiger partial charge in [0.05, 0.1) is 5.97 Å². The van der Waals surface area contributed by atoms with Crippen LogP contribution in [0.5, 0.6) is 0 Å². The van der Waals surface area contributed by atoms with E-state index >= 15 is 0 Å². The minimum absolute atomic E-state index is 0.0380. The molecule has 1 aliphatic rings. The third-order valence-electron chi connectivity index (χ3n) is 2.23. The van der Waals surface area contributed by atoms with Crippen molar-refractivity contribution in [1.82, 2.24) is 4.90 Å². The lowest BCUT2D eigenvalue weighted by Crippen LogP contribution is -2.37. The van der Waals surface area contributed by atoms with E-state index in [0.29, 0.717) is 10.2 Å². The molecule has 1 atom stereocenters. The Morgan fingerprint density at radius 3 is 3.00 bits per heavy atom. The highest BCUT2D eigenvalue weighted by Crippen LogP contribution is 2.19. The van der Waals surface area contributed by atoms with Crippen LogP contribution in [0.2, 0.25) is 0 Å². The molecule has 1 rings (SSSR count). The summed E-state index contributed by atoms with van der Waals surface area (Å²) < 4.78 is 0.695. The fraction of sp³-hybridized carbons (Fsp3) is 0.778. The Balaban J connectivity index is 2.32. The van der Waals surface area contributed by atoms with Crippen LogP contribution in [0.3, 0.4) is 0 Å². The molecule has 80 valence electrons. The van der Waals surface area contributed by atoms with Gasteiger partial charge in [-0.3, -0.25) is 0 Å². The van der Waals surface area contributed by atoms with E-state index in [1.54, 1.807) is 0 Å². The van der Waals surface area contributed by atoms with Crippen molar-refractivity contribution in [2.45, 2.75) is 19.8 Å². The first-order valence-corrected chi connectivity index (χ1v) is 6.10. The van der Waals surface area contributed by atoms with Crippen LogP contribution in [0, 0.1) is 5.92 Å². The van der Waals surface area contributed by atoms with Crippen LogP contribution in [0.25, 0.3) is 0 Å². The molecule has 0 aromatic heterocycles. The van der Waals surface area contributed by atoms with E-state index in [9.17, 15) is 9.90 Å². The highest BCUT2D eigenvalue weighted by atomic mass is 32.2. The predicted molar refractivity (Wildman–Crippen MR) is 60.0 cm³/mol. The van der Waals surface area contributed by atoms with E-state index in [0.717, 1.165) is 19.5 Å². The molecule has 0 N–H and O–H groups in total. The molecule has 0 unspecified atom stereocenters. The highest BCUT2D eigenvalue weighted by molar-refractivity contribution is 8.23. The largest absolute Gasteiger partial charge is 0.549 e. The number of nitrogens with zero attached hydrogens (tertiary/aromatic N) is 1. The average Bonchev–Trinajstić information content (AvgIpc) is 2.14. The SMILES string of the molecule is C[C@@H]1CCCN(C(=S)SCC(=O)[O-])C1. The molecular formula is C9H14NO2S2-. The van der Waals surface area contributed by atoms with Crippen LogP contribution in [0.15, 0.2) is 0 Å². The van der Waals surface area contributed by atoms with Crippen molar-refractivity contribution in [3.05, 3.63) is 0 Å². The second-order valence-electron chi connectivity index (χ2n) is 3.62. The summed E-state index contributed by atoms with van der Waals surface area (Å²) >= 11 is 6.33. The summed E-state index contributed by atoms with van der Waals surface area (Å²) in [5.74, 6) is -0.434. The van der Waals surface area contributed by atoms with E-state index in [2.05, 4.69) is 11.8 Å². The fourth-order valence-corrected chi connectivity index (χ4v) is 2.50. The fourth-order valence-electron chi connectivity index (χ4n) is 1.57. The van der Waals surface area contributed by atoms with Gasteiger partial charge in [0.15, 0.2) is 0 Å². The minimum Gasteiger partial charge on any atom is -0.549 e. The van der Waals surface area contributed by atoms with Crippen molar-refractivity contribution < 1.29 is 9.90 Å². The molecule has 3 nitrogen and oxygen atoms in total. The number of thiocarbonyl (C=S) groups is 1. The van der Waals surface area contributed by atoms with E-state index in [1.165, 1.54) is 18.2 Å². The Hall–Kier alpha value is -0.290. The quantitative estimate of drug-likeness (QED) is 0.648. The summed E-state index contributed by atoms with van der Waals surface area (Å²) in [6, 6.07) is 0. The van der Waals surface area contributed by atoms with E-state index < -0.39 is 5.97 Å². The number of carbonyl (C=O) groups is 1. The van der Waals surface area contributed by atoms with Crippen LogP contribution in [0.4, 0.5) is 0 Å². The molecule has 1 heterocycles. The number of aliphatic carboxylic acids is 1. The number of rotatable bonds is 2. The van der Waals surface area contributed by atoms with Gasteiger partial charge in [-0.1, -0.05) is 30.9 Å². The normalized spacial score (nSPS) is 22.1. The van der Waals surface area contributed by atoms with Crippen LogP contribution in [-0.4, -0.2) is 34.0 Å². The molecule has 0 aliphatic carbocycles. The zero-order chi connectivity index (χ0) is 10.6. The van der Waals surface area contributed by atoms with Gasteiger partial charge >= 0.3 is 0 Å². The van der Waals surface area contributed by atoms with Gasteiger partial charge in [-0.15, -0.1) is 0 Å². The van der Waals surface area contributed by atoms with Crippen molar-refractivity contribution in [1.29, 1.82) is 0 Å². The van der Waals surface area contributed by atoms with Crippen LogP contribution < -0.4 is 5.11 Å². The van der Waals surface area contributed by atoms with Crippen molar-refractivity contribution in [2.24, 2.45) is 5.92 Å². The lowest BCUT2D eigenvalue weighted by Gasteiger charge is -2.32. The molecule has 5 heteroatoms. The van der Waals surface area contributed by atoms with Gasteiger partial charge in [0.2, 0.25) is 0 Å². The first-order valence-electron chi connectivity index (χ1n) is 4.71. The molecule has 1 fully saturated rings. The lowest BCUT2D eigenvalue weighted by atomic mass is 10.0. The topological polar surface area (TPSA) is 43.4 Å². The Morgan fingerprint density at radius 2 is 2.43 bits per heavy atom. The molecule has 0 radical (unpaired) electrons. The zero-order valence-electron chi connectivity index (χ0n) is 8.19. The van der Waals surface area contributed by atoms with Crippen molar-refractivity contribution in [2.75, 3.05) is 18.8 Å². The number of carboxylic acids is 1. The number of hydrogen-bond donors (Lipinski definition) is 0. The summed E-state index contributed by atoms with van der Waals surface area (Å²) in [6.45, 7) is 4.11. The maximum absolute atomic E-state index is 10.2. The molecule has 1 aliphatic heterocycles. The molecule has 0 bridgehead atoms. The number of carboxylic acid groups (broad SMARTS) is 1. The number of carbonyl (C=O) groups excluding carboxylic acids is 1. The van der Waals surface area contributed by atoms with Crippen molar-refractivity contribution in [3.63, 3.8) is 0 Å². The number of likely N-dealkylation sites (tertiary alicyclic amines) is 1. The summed E-state index contributed by atoms with van der Waals surface area (Å²) in [6.07, 6.45) is 2.39. The van der Waals surface area contributed by atoms with E-state index in [4.69, 9.17) is 12.2 Å². The van der Waals surface area contributed by atoms with Gasteiger partial charge in [0, 0.05) is 18.8 Å². The smallest absolute Gasteiger partial charge is 0.136 e. The minimum atomic E-state index is -1.05. The summed E-state index contributed by atoms with van der Waals surface area (Å²) in [5, 5.41) is 10.2. The van der Waals surface area contributed by atoms with Crippen LogP contribution in [0.1, 0.15) is 19.8 Å². The third-order valence-corrected chi connectivity index (χ3v) is 3.73. The summed E-state index contributed by atoms with van der Waals surface area (Å²) in [7, 11) is 0. The molecule has 0 aromatic carbocycles.